The van der Waals surface area contributed by atoms with Crippen molar-refractivity contribution in [3.8, 4) is 0 Å². The maximum atomic E-state index is 13.6. The van der Waals surface area contributed by atoms with Crippen molar-refractivity contribution in [3.05, 3.63) is 69.6 Å². The van der Waals surface area contributed by atoms with Gasteiger partial charge in [-0.25, -0.2) is 4.68 Å². The fourth-order valence-corrected chi connectivity index (χ4v) is 3.93. The number of carbonyl (C=O) groups excluding carboxylic acids is 1. The maximum Gasteiger partial charge on any atom is 0.279 e. The molecule has 1 aromatic heterocycles. The molecule has 1 aliphatic rings. The zero-order valence-corrected chi connectivity index (χ0v) is 16.6. The molecule has 0 atom stereocenters. The predicted molar refractivity (Wildman–Crippen MR) is 112 cm³/mol. The molecule has 0 saturated heterocycles. The van der Waals surface area contributed by atoms with Crippen LogP contribution in [0.4, 0.5) is 5.69 Å². The van der Waals surface area contributed by atoms with Gasteiger partial charge in [-0.1, -0.05) is 49.7 Å². The lowest BCUT2D eigenvalue weighted by molar-refractivity contribution is 0.0979. The van der Waals surface area contributed by atoms with Gasteiger partial charge in [0.25, 0.3) is 11.5 Å². The van der Waals surface area contributed by atoms with E-state index in [-0.39, 0.29) is 17.4 Å². The van der Waals surface area contributed by atoms with Gasteiger partial charge in [-0.15, -0.1) is 0 Å². The largest absolute Gasteiger partial charge is 0.307 e. The van der Waals surface area contributed by atoms with Crippen LogP contribution in [0.5, 0.6) is 0 Å². The molecule has 4 rings (SSSR count). The quantitative estimate of drug-likeness (QED) is 0.696. The molecule has 0 fully saturated rings. The number of hydrogen-bond donors (Lipinski definition) is 0. The third-order valence-electron chi connectivity index (χ3n) is 5.21. The van der Waals surface area contributed by atoms with E-state index in [4.69, 9.17) is 0 Å². The highest BCUT2D eigenvalue weighted by Gasteiger charge is 2.27. The van der Waals surface area contributed by atoms with E-state index < -0.39 is 0 Å². The van der Waals surface area contributed by atoms with E-state index in [1.807, 2.05) is 49.1 Å². The molecule has 2 aromatic carbocycles. The molecule has 0 N–H and O–H groups in total. The highest BCUT2D eigenvalue weighted by molar-refractivity contribution is 6.12. The normalized spacial score (nSPS) is 13.8. The van der Waals surface area contributed by atoms with Gasteiger partial charge in [0, 0.05) is 24.2 Å². The number of hydrogen-bond acceptors (Lipinski definition) is 3. The Labute approximate surface area is 164 Å². The first kappa shape index (κ1) is 18.4. The summed E-state index contributed by atoms with van der Waals surface area (Å²) in [7, 11) is 0. The average Bonchev–Trinajstić information content (AvgIpc) is 2.68. The Morgan fingerprint density at radius 3 is 2.64 bits per heavy atom. The zero-order chi connectivity index (χ0) is 19.8. The molecular weight excluding hydrogens is 350 g/mol. The minimum Gasteiger partial charge on any atom is -0.307 e. The van der Waals surface area contributed by atoms with Gasteiger partial charge in [0.1, 0.15) is 0 Å². The van der Waals surface area contributed by atoms with Crippen LogP contribution in [0.1, 0.15) is 41.9 Å². The van der Waals surface area contributed by atoms with Gasteiger partial charge in [-0.2, -0.15) is 5.10 Å². The van der Waals surface area contributed by atoms with Crippen LogP contribution in [0.15, 0.2) is 47.3 Å². The molecule has 3 aromatic rings. The van der Waals surface area contributed by atoms with Crippen molar-refractivity contribution in [1.29, 1.82) is 0 Å². The van der Waals surface area contributed by atoms with E-state index in [9.17, 15) is 9.59 Å². The second kappa shape index (κ2) is 7.23. The van der Waals surface area contributed by atoms with Crippen molar-refractivity contribution < 1.29 is 4.79 Å². The summed E-state index contributed by atoms with van der Waals surface area (Å²) in [6, 6.07) is 13.5. The third kappa shape index (κ3) is 3.21. The van der Waals surface area contributed by atoms with Crippen LogP contribution in [0.2, 0.25) is 0 Å². The number of rotatable bonds is 3. The third-order valence-corrected chi connectivity index (χ3v) is 5.21. The average molecular weight is 375 g/mol. The number of nitrogens with zero attached hydrogens (tertiary/aromatic N) is 3. The first-order valence-corrected chi connectivity index (χ1v) is 9.87. The summed E-state index contributed by atoms with van der Waals surface area (Å²) < 4.78 is 1.44. The molecule has 1 aliphatic heterocycles. The predicted octanol–water partition coefficient (Wildman–Crippen LogP) is 3.95. The number of aromatic nitrogens is 2. The number of benzene rings is 2. The van der Waals surface area contributed by atoms with Crippen LogP contribution in [-0.2, 0) is 13.0 Å². The Morgan fingerprint density at radius 1 is 1.14 bits per heavy atom. The van der Waals surface area contributed by atoms with Gasteiger partial charge in [0.15, 0.2) is 5.69 Å². The Morgan fingerprint density at radius 2 is 1.89 bits per heavy atom. The number of carbonyl (C=O) groups is 1. The fourth-order valence-electron chi connectivity index (χ4n) is 3.93. The molecule has 0 saturated carbocycles. The fraction of sp³-hybridized carbons (Fsp3) is 0.348. The Hall–Kier alpha value is -2.95. The van der Waals surface area contributed by atoms with E-state index >= 15 is 0 Å². The van der Waals surface area contributed by atoms with Crippen LogP contribution < -0.4 is 10.5 Å². The molecule has 0 spiro atoms. The van der Waals surface area contributed by atoms with Crippen molar-refractivity contribution in [1.82, 2.24) is 9.78 Å². The number of aryl methyl sites for hydroxylation is 2. The molecule has 0 aliphatic carbocycles. The molecule has 1 amide bonds. The van der Waals surface area contributed by atoms with Crippen LogP contribution >= 0.6 is 0 Å². The van der Waals surface area contributed by atoms with Crippen molar-refractivity contribution >= 4 is 22.4 Å². The topological polar surface area (TPSA) is 55.2 Å². The van der Waals surface area contributed by atoms with E-state index in [1.54, 1.807) is 6.07 Å². The standard InChI is InChI=1S/C23H25N3O2/c1-15(2)14-26-22(27)19-9-5-4-8-18(19)21(24-26)23(28)25-12-6-7-17-13-16(3)10-11-20(17)25/h4-5,8-11,13,15H,6-7,12,14H2,1-3H3. The highest BCUT2D eigenvalue weighted by atomic mass is 16.2. The molecule has 28 heavy (non-hydrogen) atoms. The molecule has 5 heteroatoms. The molecule has 0 bridgehead atoms. The van der Waals surface area contributed by atoms with E-state index in [1.165, 1.54) is 15.8 Å². The minimum atomic E-state index is -0.143. The first-order chi connectivity index (χ1) is 13.5. The van der Waals surface area contributed by atoms with Gasteiger partial charge in [0.05, 0.1) is 5.39 Å². The molecule has 5 nitrogen and oxygen atoms in total. The van der Waals surface area contributed by atoms with Gasteiger partial charge < -0.3 is 4.90 Å². The van der Waals surface area contributed by atoms with Gasteiger partial charge in [-0.05, 0) is 43.4 Å². The molecule has 144 valence electrons. The van der Waals surface area contributed by atoms with Crippen LogP contribution in [0.25, 0.3) is 10.8 Å². The zero-order valence-electron chi connectivity index (χ0n) is 16.6. The summed E-state index contributed by atoms with van der Waals surface area (Å²) >= 11 is 0. The summed E-state index contributed by atoms with van der Waals surface area (Å²) in [5.41, 5.74) is 3.55. The van der Waals surface area contributed by atoms with Crippen molar-refractivity contribution in [2.24, 2.45) is 5.92 Å². The molecule has 0 radical (unpaired) electrons. The second-order valence-electron chi connectivity index (χ2n) is 7.97. The Bertz CT molecular complexity index is 1110. The summed E-state index contributed by atoms with van der Waals surface area (Å²) in [5, 5.41) is 5.69. The molecular formula is C23H25N3O2. The highest BCUT2D eigenvalue weighted by Crippen LogP contribution is 2.30. The lowest BCUT2D eigenvalue weighted by Gasteiger charge is -2.30. The van der Waals surface area contributed by atoms with Gasteiger partial charge in [-0.3, -0.25) is 9.59 Å². The maximum absolute atomic E-state index is 13.6. The van der Waals surface area contributed by atoms with Crippen LogP contribution in [0, 0.1) is 12.8 Å². The monoisotopic (exact) mass is 375 g/mol. The lowest BCUT2D eigenvalue weighted by atomic mass is 9.99. The van der Waals surface area contributed by atoms with Crippen molar-refractivity contribution in [3.63, 3.8) is 0 Å². The second-order valence-corrected chi connectivity index (χ2v) is 7.97. The first-order valence-electron chi connectivity index (χ1n) is 9.87. The van der Waals surface area contributed by atoms with E-state index in [2.05, 4.69) is 18.1 Å². The van der Waals surface area contributed by atoms with Gasteiger partial charge >= 0.3 is 0 Å². The van der Waals surface area contributed by atoms with E-state index in [0.717, 1.165) is 18.5 Å². The molecule has 2 heterocycles. The number of fused-ring (bicyclic) bond motifs is 2. The van der Waals surface area contributed by atoms with Crippen molar-refractivity contribution in [2.75, 3.05) is 11.4 Å². The Kier molecular flexibility index (Phi) is 4.75. The summed E-state index contributed by atoms with van der Waals surface area (Å²) in [6.45, 7) is 7.29. The number of amides is 1. The van der Waals surface area contributed by atoms with Gasteiger partial charge in [0.2, 0.25) is 0 Å². The Balaban J connectivity index is 1.87. The van der Waals surface area contributed by atoms with Crippen LogP contribution in [-0.4, -0.2) is 22.2 Å². The summed E-state index contributed by atoms with van der Waals surface area (Å²) in [4.78, 5) is 28.2. The smallest absolute Gasteiger partial charge is 0.279 e. The van der Waals surface area contributed by atoms with Crippen LogP contribution in [0.3, 0.4) is 0 Å². The number of anilines is 1. The van der Waals surface area contributed by atoms with E-state index in [0.29, 0.717) is 29.6 Å². The van der Waals surface area contributed by atoms with Crippen molar-refractivity contribution in [2.45, 2.75) is 40.2 Å². The summed E-state index contributed by atoms with van der Waals surface area (Å²) in [6.07, 6.45) is 1.90. The SMILES string of the molecule is Cc1ccc2c(c1)CCCN2C(=O)c1nn(CC(C)C)c(=O)c2ccccc12. The summed E-state index contributed by atoms with van der Waals surface area (Å²) in [5.74, 6) is 0.117. The lowest BCUT2D eigenvalue weighted by Crippen LogP contribution is -2.38. The minimum absolute atomic E-state index is 0.140. The molecule has 0 unspecified atom stereocenters.